The minimum atomic E-state index is -1.02. The third-order valence-corrected chi connectivity index (χ3v) is 4.66. The lowest BCUT2D eigenvalue weighted by molar-refractivity contribution is -0.150. The van der Waals surface area contributed by atoms with Gasteiger partial charge < -0.3 is 24.4 Å². The molecule has 0 aliphatic carbocycles. The Kier molecular flexibility index (Phi) is 7.51. The Labute approximate surface area is 172 Å². The molecule has 0 aromatic heterocycles. The van der Waals surface area contributed by atoms with Gasteiger partial charge in [0.15, 0.2) is 17.6 Å². The summed E-state index contributed by atoms with van der Waals surface area (Å²) in [6.45, 7) is 5.44. The molecule has 6 nitrogen and oxygen atoms in total. The van der Waals surface area contributed by atoms with Crippen LogP contribution in [0.3, 0.4) is 0 Å². The third kappa shape index (κ3) is 6.12. The van der Waals surface area contributed by atoms with Crippen molar-refractivity contribution in [3.05, 3.63) is 53.6 Å². The highest BCUT2D eigenvalue weighted by Gasteiger charge is 2.33. The molecule has 2 N–H and O–H groups in total. The van der Waals surface area contributed by atoms with E-state index in [0.717, 1.165) is 5.56 Å². The average molecular weight is 402 g/mol. The van der Waals surface area contributed by atoms with Crippen LogP contribution in [0.5, 0.6) is 17.2 Å². The predicted octanol–water partition coefficient (Wildman–Crippen LogP) is 4.25. The molecule has 0 bridgehead atoms. The second kappa shape index (κ2) is 9.65. The number of aliphatic hydroxyl groups excluding tert-OH is 1. The highest BCUT2D eigenvalue weighted by atomic mass is 16.5. The molecule has 0 fully saturated rings. The van der Waals surface area contributed by atoms with Gasteiger partial charge in [0.2, 0.25) is 0 Å². The third-order valence-electron chi connectivity index (χ3n) is 4.66. The Bertz CT molecular complexity index is 824. The molecule has 2 aromatic carbocycles. The van der Waals surface area contributed by atoms with Gasteiger partial charge in [0.1, 0.15) is 5.75 Å². The van der Waals surface area contributed by atoms with Gasteiger partial charge in [-0.05, 0) is 48.2 Å². The smallest absolute Gasteiger partial charge is 0.345 e. The molecule has 0 radical (unpaired) electrons. The number of benzene rings is 2. The minimum absolute atomic E-state index is 0.426. The summed E-state index contributed by atoms with van der Waals surface area (Å²) in [6, 6.07) is 12.6. The van der Waals surface area contributed by atoms with E-state index in [1.807, 2.05) is 39.0 Å². The lowest BCUT2D eigenvalue weighted by atomic mass is 9.89. The molecule has 2 aromatic rings. The predicted molar refractivity (Wildman–Crippen MR) is 111 cm³/mol. The first-order valence-corrected chi connectivity index (χ1v) is 9.54. The number of aliphatic hydroxyl groups is 1. The lowest BCUT2D eigenvalue weighted by Gasteiger charge is -2.27. The van der Waals surface area contributed by atoms with Gasteiger partial charge >= 0.3 is 5.97 Å². The zero-order chi connectivity index (χ0) is 21.6. The van der Waals surface area contributed by atoms with E-state index in [1.54, 1.807) is 38.5 Å². The number of ether oxygens (including phenoxy) is 3. The van der Waals surface area contributed by atoms with Gasteiger partial charge in [-0.3, -0.25) is 0 Å². The maximum Gasteiger partial charge on any atom is 0.345 e. The number of methoxy groups -OCH3 is 2. The zero-order valence-electron chi connectivity index (χ0n) is 17.6. The monoisotopic (exact) mass is 402 g/mol. The number of hydrogen-bond acceptors (Lipinski definition) is 5. The quantitative estimate of drug-likeness (QED) is 0.652. The summed E-state index contributed by atoms with van der Waals surface area (Å²) in [6.07, 6.45) is -0.543. The van der Waals surface area contributed by atoms with E-state index in [9.17, 15) is 15.0 Å². The normalized spacial score (nSPS) is 13.4. The van der Waals surface area contributed by atoms with E-state index in [4.69, 9.17) is 14.2 Å². The van der Waals surface area contributed by atoms with Crippen LogP contribution in [0.15, 0.2) is 42.5 Å². The van der Waals surface area contributed by atoms with Crippen LogP contribution in [0.25, 0.3) is 0 Å². The topological polar surface area (TPSA) is 85.2 Å². The van der Waals surface area contributed by atoms with Crippen molar-refractivity contribution in [3.63, 3.8) is 0 Å². The largest absolute Gasteiger partial charge is 0.493 e. The van der Waals surface area contributed by atoms with E-state index in [-0.39, 0.29) is 0 Å². The molecule has 6 heteroatoms. The summed E-state index contributed by atoms with van der Waals surface area (Å²) < 4.78 is 16.3. The summed E-state index contributed by atoms with van der Waals surface area (Å²) in [5.74, 6) is 0.720. The van der Waals surface area contributed by atoms with Gasteiger partial charge in [0.25, 0.3) is 0 Å². The number of rotatable bonds is 9. The van der Waals surface area contributed by atoms with Crippen LogP contribution in [0, 0.1) is 5.41 Å². The van der Waals surface area contributed by atoms with E-state index in [0.29, 0.717) is 35.7 Å². The molecular formula is C23H30O6. The number of aryl methyl sites for hydroxylation is 1. The van der Waals surface area contributed by atoms with Gasteiger partial charge in [0, 0.05) is 5.41 Å². The maximum absolute atomic E-state index is 11.5. The summed E-state index contributed by atoms with van der Waals surface area (Å²) in [5, 5.41) is 20.1. The van der Waals surface area contributed by atoms with Crippen molar-refractivity contribution in [1.82, 2.24) is 0 Å². The number of carboxylic acids is 1. The van der Waals surface area contributed by atoms with Crippen molar-refractivity contribution >= 4 is 5.97 Å². The van der Waals surface area contributed by atoms with E-state index < -0.39 is 23.6 Å². The van der Waals surface area contributed by atoms with Crippen molar-refractivity contribution in [1.29, 1.82) is 0 Å². The van der Waals surface area contributed by atoms with Gasteiger partial charge in [-0.25, -0.2) is 4.79 Å². The van der Waals surface area contributed by atoms with Crippen LogP contribution >= 0.6 is 0 Å². The Morgan fingerprint density at radius 3 is 2.31 bits per heavy atom. The molecule has 0 saturated carbocycles. The summed E-state index contributed by atoms with van der Waals surface area (Å²) >= 11 is 0. The molecular weight excluding hydrogens is 372 g/mol. The molecule has 0 saturated heterocycles. The van der Waals surface area contributed by atoms with E-state index in [2.05, 4.69) is 0 Å². The fourth-order valence-electron chi connectivity index (χ4n) is 3.04. The average Bonchev–Trinajstić information content (AvgIpc) is 2.69. The van der Waals surface area contributed by atoms with Crippen molar-refractivity contribution in [3.8, 4) is 17.2 Å². The molecule has 0 aliphatic rings. The first-order chi connectivity index (χ1) is 13.7. The number of carbonyl (C=O) groups is 1. The Morgan fingerprint density at radius 1 is 1.03 bits per heavy atom. The van der Waals surface area contributed by atoms with Crippen molar-refractivity contribution in [2.75, 3.05) is 14.2 Å². The molecule has 0 amide bonds. The van der Waals surface area contributed by atoms with Crippen LogP contribution in [0.1, 0.15) is 44.4 Å². The summed E-state index contributed by atoms with van der Waals surface area (Å²) in [5.41, 5.74) is 1.14. The Hall–Kier alpha value is -2.73. The molecule has 2 atom stereocenters. The van der Waals surface area contributed by atoms with Gasteiger partial charge in [0.05, 0.1) is 20.3 Å². The fourth-order valence-corrected chi connectivity index (χ4v) is 3.04. The molecule has 0 spiro atoms. The molecule has 1 unspecified atom stereocenters. The number of carboxylic acid groups (broad SMARTS) is 1. The molecule has 2 rings (SSSR count). The van der Waals surface area contributed by atoms with E-state index in [1.165, 1.54) is 0 Å². The highest BCUT2D eigenvalue weighted by Crippen LogP contribution is 2.30. The molecule has 158 valence electrons. The van der Waals surface area contributed by atoms with Crippen LogP contribution < -0.4 is 14.2 Å². The van der Waals surface area contributed by atoms with E-state index >= 15 is 0 Å². The molecule has 29 heavy (non-hydrogen) atoms. The SMILES string of the molecule is COc1ccc(CCC(O)c2cccc(O[C@@H](C(=O)O)C(C)(C)C)c2)cc1OC. The Morgan fingerprint density at radius 2 is 1.72 bits per heavy atom. The fraction of sp³-hybridized carbons (Fsp3) is 0.435. The summed E-state index contributed by atoms with van der Waals surface area (Å²) in [7, 11) is 3.18. The van der Waals surface area contributed by atoms with Gasteiger partial charge in [-0.2, -0.15) is 0 Å². The van der Waals surface area contributed by atoms with Crippen LogP contribution in [-0.4, -0.2) is 36.5 Å². The van der Waals surface area contributed by atoms with Crippen molar-refractivity contribution in [2.24, 2.45) is 5.41 Å². The van der Waals surface area contributed by atoms with Gasteiger partial charge in [-0.1, -0.05) is 39.0 Å². The molecule has 0 heterocycles. The second-order valence-electron chi connectivity index (χ2n) is 8.02. The van der Waals surface area contributed by atoms with Crippen LogP contribution in [-0.2, 0) is 11.2 Å². The Balaban J connectivity index is 2.07. The number of aliphatic carboxylic acids is 1. The lowest BCUT2D eigenvalue weighted by Crippen LogP contribution is -2.39. The van der Waals surface area contributed by atoms with Crippen LogP contribution in [0.2, 0.25) is 0 Å². The highest BCUT2D eigenvalue weighted by molar-refractivity contribution is 5.73. The summed E-state index contributed by atoms with van der Waals surface area (Å²) in [4.78, 5) is 11.5. The van der Waals surface area contributed by atoms with Gasteiger partial charge in [-0.15, -0.1) is 0 Å². The second-order valence-corrected chi connectivity index (χ2v) is 8.02. The van der Waals surface area contributed by atoms with Crippen molar-refractivity contribution in [2.45, 2.75) is 45.8 Å². The van der Waals surface area contributed by atoms with Crippen LogP contribution in [0.4, 0.5) is 0 Å². The zero-order valence-corrected chi connectivity index (χ0v) is 17.6. The molecule has 0 aliphatic heterocycles. The minimum Gasteiger partial charge on any atom is -0.493 e. The first-order valence-electron chi connectivity index (χ1n) is 9.54. The first kappa shape index (κ1) is 22.6. The standard InChI is InChI=1S/C23H30O6/c1-23(2,3)21(22(25)26)29-17-8-6-7-16(14-17)18(24)11-9-15-10-12-19(27-4)20(13-15)28-5/h6-8,10,12-14,18,21,24H,9,11H2,1-5H3,(H,25,26)/t18?,21-/m0/s1. The maximum atomic E-state index is 11.5. The number of hydrogen-bond donors (Lipinski definition) is 2. The van der Waals surface area contributed by atoms with Crippen molar-refractivity contribution < 1.29 is 29.2 Å².